The molecule has 0 unspecified atom stereocenters. The molecule has 0 radical (unpaired) electrons. The molecule has 3 fully saturated rings. The number of pyridine rings is 1. The number of nitrogens with zero attached hydrogens (tertiary/aromatic N) is 4. The molecule has 8 nitrogen and oxygen atoms in total. The highest BCUT2D eigenvalue weighted by molar-refractivity contribution is 6.05. The molecule has 1 aliphatic carbocycles. The Labute approximate surface area is 194 Å². The van der Waals surface area contributed by atoms with Gasteiger partial charge in [-0.25, -0.2) is 9.78 Å². The fourth-order valence-corrected chi connectivity index (χ4v) is 5.25. The maximum Gasteiger partial charge on any atom is 0.329 e. The summed E-state index contributed by atoms with van der Waals surface area (Å²) in [5, 5.41) is 2.37. The van der Waals surface area contributed by atoms with Gasteiger partial charge in [0.1, 0.15) is 5.82 Å². The van der Waals surface area contributed by atoms with E-state index in [4.69, 9.17) is 5.73 Å². The van der Waals surface area contributed by atoms with E-state index in [-0.39, 0.29) is 12.3 Å². The maximum absolute atomic E-state index is 12.2. The first kappa shape index (κ1) is 21.9. The molecule has 0 spiro atoms. The number of anilines is 1. The molecular formula is C25H32N6O2. The third kappa shape index (κ3) is 4.90. The molecule has 3 aliphatic rings. The minimum Gasteiger partial charge on any atom is -0.328 e. The van der Waals surface area contributed by atoms with Crippen molar-refractivity contribution in [1.29, 1.82) is 0 Å². The highest BCUT2D eigenvalue weighted by Gasteiger charge is 2.27. The number of amides is 3. The van der Waals surface area contributed by atoms with Gasteiger partial charge in [0.15, 0.2) is 5.65 Å². The lowest BCUT2D eigenvalue weighted by Crippen LogP contribution is -2.50. The fourth-order valence-electron chi connectivity index (χ4n) is 5.25. The van der Waals surface area contributed by atoms with Crippen molar-refractivity contribution in [2.24, 2.45) is 17.6 Å². The van der Waals surface area contributed by atoms with Crippen molar-refractivity contribution >= 4 is 23.4 Å². The molecule has 0 bridgehead atoms. The average Bonchev–Trinajstić information content (AvgIpc) is 3.25. The van der Waals surface area contributed by atoms with Crippen LogP contribution in [0.1, 0.15) is 50.5 Å². The lowest BCUT2D eigenvalue weighted by Gasteiger charge is -2.35. The lowest BCUT2D eigenvalue weighted by molar-refractivity contribution is -0.120. The van der Waals surface area contributed by atoms with E-state index in [1.807, 2.05) is 22.7 Å². The number of rotatable bonds is 3. The minimum absolute atomic E-state index is 0.245. The molecule has 0 aromatic carbocycles. The Kier molecular flexibility index (Phi) is 6.34. The van der Waals surface area contributed by atoms with Gasteiger partial charge in [0.25, 0.3) is 0 Å². The Bertz CT molecular complexity index is 1080. The lowest BCUT2D eigenvalue weighted by atomic mass is 9.85. The summed E-state index contributed by atoms with van der Waals surface area (Å²) < 4.78 is 1.87. The van der Waals surface area contributed by atoms with E-state index in [2.05, 4.69) is 27.0 Å². The van der Waals surface area contributed by atoms with Crippen molar-refractivity contribution < 1.29 is 9.59 Å². The van der Waals surface area contributed by atoms with E-state index in [0.717, 1.165) is 43.1 Å². The molecule has 0 atom stereocenters. The van der Waals surface area contributed by atoms with Crippen molar-refractivity contribution in [3.05, 3.63) is 30.1 Å². The Hall–Kier alpha value is -2.89. The number of imidazole rings is 1. The van der Waals surface area contributed by atoms with Crippen LogP contribution in [0.15, 0.2) is 24.5 Å². The largest absolute Gasteiger partial charge is 0.329 e. The number of piperidine rings is 1. The second-order valence-corrected chi connectivity index (χ2v) is 9.61. The molecule has 8 heteroatoms. The third-order valence-electron chi connectivity index (χ3n) is 7.25. The topological polar surface area (TPSA) is 96.0 Å². The zero-order valence-electron chi connectivity index (χ0n) is 19.0. The highest BCUT2D eigenvalue weighted by Crippen LogP contribution is 2.26. The second-order valence-electron chi connectivity index (χ2n) is 9.61. The first-order valence-electron chi connectivity index (χ1n) is 12.1. The van der Waals surface area contributed by atoms with Gasteiger partial charge in [-0.3, -0.25) is 19.4 Å². The van der Waals surface area contributed by atoms with E-state index in [1.54, 1.807) is 11.1 Å². The quantitative estimate of drug-likeness (QED) is 0.703. The Morgan fingerprint density at radius 1 is 1.09 bits per heavy atom. The first-order valence-corrected chi connectivity index (χ1v) is 12.1. The van der Waals surface area contributed by atoms with Gasteiger partial charge < -0.3 is 10.6 Å². The van der Waals surface area contributed by atoms with E-state index in [9.17, 15) is 9.59 Å². The highest BCUT2D eigenvalue weighted by atomic mass is 16.2. The zero-order valence-corrected chi connectivity index (χ0v) is 19.0. The van der Waals surface area contributed by atoms with E-state index < -0.39 is 6.03 Å². The smallest absolute Gasteiger partial charge is 0.328 e. The van der Waals surface area contributed by atoms with Gasteiger partial charge in [0, 0.05) is 37.7 Å². The molecule has 2 aromatic rings. The number of fused-ring (bicyclic) bond motifs is 1. The van der Waals surface area contributed by atoms with Crippen molar-refractivity contribution in [2.75, 3.05) is 31.1 Å². The summed E-state index contributed by atoms with van der Waals surface area (Å²) in [6, 6.07) is 3.90. The molecule has 5 rings (SSSR count). The number of carbonyl (C=O) groups is 2. The van der Waals surface area contributed by atoms with Gasteiger partial charge in [-0.15, -0.1) is 0 Å². The van der Waals surface area contributed by atoms with Gasteiger partial charge >= 0.3 is 6.03 Å². The van der Waals surface area contributed by atoms with Crippen LogP contribution in [0.5, 0.6) is 0 Å². The number of carbonyl (C=O) groups excluding carboxylic acids is 2. The Morgan fingerprint density at radius 2 is 1.88 bits per heavy atom. The van der Waals surface area contributed by atoms with Gasteiger partial charge in [0.05, 0.1) is 11.8 Å². The molecule has 3 amide bonds. The predicted molar refractivity (Wildman–Crippen MR) is 127 cm³/mol. The van der Waals surface area contributed by atoms with Crippen LogP contribution >= 0.6 is 0 Å². The summed E-state index contributed by atoms with van der Waals surface area (Å²) in [5.41, 5.74) is 7.64. The monoisotopic (exact) mass is 448 g/mol. The van der Waals surface area contributed by atoms with Crippen LogP contribution in [0.4, 0.5) is 10.6 Å². The number of nitrogens with two attached hydrogens (primary N) is 1. The van der Waals surface area contributed by atoms with Crippen LogP contribution < -0.4 is 16.0 Å². The first-order chi connectivity index (χ1) is 16.1. The molecule has 174 valence electrons. The van der Waals surface area contributed by atoms with Crippen molar-refractivity contribution in [3.8, 4) is 11.8 Å². The number of aromatic nitrogens is 2. The summed E-state index contributed by atoms with van der Waals surface area (Å²) in [6.07, 6.45) is 10.9. The molecule has 2 aliphatic heterocycles. The molecule has 4 heterocycles. The van der Waals surface area contributed by atoms with Crippen molar-refractivity contribution in [3.63, 3.8) is 0 Å². The fraction of sp³-hybridized carbons (Fsp3) is 0.560. The van der Waals surface area contributed by atoms with E-state index >= 15 is 0 Å². The zero-order chi connectivity index (χ0) is 22.8. The summed E-state index contributed by atoms with van der Waals surface area (Å²) in [7, 11) is 0. The number of hydrogen-bond donors (Lipinski definition) is 2. The second kappa shape index (κ2) is 9.54. The molecule has 3 N–H and O–H groups in total. The van der Waals surface area contributed by atoms with Gasteiger partial charge in [-0.05, 0) is 69.7 Å². The van der Waals surface area contributed by atoms with Crippen LogP contribution in [0.25, 0.3) is 5.65 Å². The van der Waals surface area contributed by atoms with Crippen molar-refractivity contribution in [1.82, 2.24) is 19.6 Å². The number of nitrogens with one attached hydrogen (secondary N) is 1. The van der Waals surface area contributed by atoms with Crippen LogP contribution in [0.3, 0.4) is 0 Å². The molecule has 2 aromatic heterocycles. The predicted octanol–water partition coefficient (Wildman–Crippen LogP) is 2.36. The molecule has 33 heavy (non-hydrogen) atoms. The summed E-state index contributed by atoms with van der Waals surface area (Å²) in [4.78, 5) is 32.4. The van der Waals surface area contributed by atoms with Crippen LogP contribution in [-0.2, 0) is 4.79 Å². The Morgan fingerprint density at radius 3 is 2.64 bits per heavy atom. The number of hydrogen-bond acceptors (Lipinski definition) is 5. The standard InChI is InChI=1S/C25H32N6O2/c26-21-7-4-19(5-8-21)17-29-13-9-18(10-14-29)3-6-20-2-1-12-30-23(16-27-24(20)30)31-15-11-22(32)28-25(31)33/h1-2,12,16,18-19,21H,4-5,7-11,13-15,17,26H2,(H,28,32,33)/t19-,21-. The summed E-state index contributed by atoms with van der Waals surface area (Å²) in [5.74, 6) is 8.44. The maximum atomic E-state index is 12.2. The molecular weight excluding hydrogens is 416 g/mol. The SMILES string of the molecule is N[C@H]1CC[C@H](CN2CCC(C#Cc3cccn4c(N5CCC(=O)NC5=O)cnc34)CC2)CC1. The number of imide groups is 1. The normalized spacial score (nSPS) is 25.1. The van der Waals surface area contributed by atoms with Crippen LogP contribution in [-0.4, -0.2) is 58.4 Å². The molecule has 1 saturated carbocycles. The average molecular weight is 449 g/mol. The van der Waals surface area contributed by atoms with Gasteiger partial charge in [0.2, 0.25) is 5.91 Å². The van der Waals surface area contributed by atoms with E-state index in [1.165, 1.54) is 32.2 Å². The van der Waals surface area contributed by atoms with Gasteiger partial charge in [-0.1, -0.05) is 11.8 Å². The summed E-state index contributed by atoms with van der Waals surface area (Å²) in [6.45, 7) is 3.78. The molecule has 2 saturated heterocycles. The summed E-state index contributed by atoms with van der Waals surface area (Å²) >= 11 is 0. The Balaban J connectivity index is 1.22. The number of urea groups is 1. The third-order valence-corrected chi connectivity index (χ3v) is 7.25. The minimum atomic E-state index is -0.410. The number of likely N-dealkylation sites (tertiary alicyclic amines) is 1. The van der Waals surface area contributed by atoms with Crippen molar-refractivity contribution in [2.45, 2.75) is 51.0 Å². The van der Waals surface area contributed by atoms with Gasteiger partial charge in [-0.2, -0.15) is 0 Å². The van der Waals surface area contributed by atoms with Crippen LogP contribution in [0.2, 0.25) is 0 Å². The van der Waals surface area contributed by atoms with Crippen LogP contribution in [0, 0.1) is 23.7 Å². The van der Waals surface area contributed by atoms with E-state index in [0.29, 0.717) is 24.3 Å².